The molecule has 136 valence electrons. The first-order valence-electron chi connectivity index (χ1n) is 8.16. The second kappa shape index (κ2) is 6.42. The Balaban J connectivity index is 2.34. The van der Waals surface area contributed by atoms with E-state index in [1.165, 1.54) is 0 Å². The molecule has 1 saturated heterocycles. The highest BCUT2D eigenvalue weighted by atomic mass is 32.2. The lowest BCUT2D eigenvalue weighted by atomic mass is 9.85. The lowest BCUT2D eigenvalue weighted by molar-refractivity contribution is 0.504. The molecular weight excluding hydrogens is 346 g/mol. The Labute approximate surface area is 145 Å². The van der Waals surface area contributed by atoms with E-state index in [0.29, 0.717) is 17.7 Å². The van der Waals surface area contributed by atoms with Gasteiger partial charge in [-0.25, -0.2) is 21.6 Å². The smallest absolute Gasteiger partial charge is 0.229 e. The number of benzene rings is 1. The Morgan fingerprint density at radius 1 is 1.08 bits per heavy atom. The molecule has 1 aliphatic heterocycles. The zero-order valence-electron chi connectivity index (χ0n) is 15.0. The van der Waals surface area contributed by atoms with Gasteiger partial charge in [-0.05, 0) is 54.9 Å². The fourth-order valence-corrected chi connectivity index (χ4v) is 5.97. The summed E-state index contributed by atoms with van der Waals surface area (Å²) in [5.74, 6) is 0.0838. The summed E-state index contributed by atoms with van der Waals surface area (Å²) in [6.07, 6.45) is 0.664. The average molecular weight is 374 g/mol. The molecular formula is C17H27NO4S2. The van der Waals surface area contributed by atoms with Gasteiger partial charge in [0, 0.05) is 6.04 Å². The molecule has 0 unspecified atom stereocenters. The molecule has 0 saturated carbocycles. The van der Waals surface area contributed by atoms with Crippen LogP contribution in [0.5, 0.6) is 0 Å². The van der Waals surface area contributed by atoms with Crippen molar-refractivity contribution < 1.29 is 16.8 Å². The van der Waals surface area contributed by atoms with Gasteiger partial charge in [0.05, 0.1) is 16.4 Å². The highest BCUT2D eigenvalue weighted by Crippen LogP contribution is 2.29. The molecule has 1 aromatic rings. The first-order valence-corrected chi connectivity index (χ1v) is 11.5. The van der Waals surface area contributed by atoms with Crippen molar-refractivity contribution in [2.75, 3.05) is 11.5 Å². The van der Waals surface area contributed by atoms with Crippen molar-refractivity contribution in [1.29, 1.82) is 0 Å². The lowest BCUT2D eigenvalue weighted by Crippen LogP contribution is -2.41. The molecule has 7 heteroatoms. The Bertz CT molecular complexity index is 820. The number of rotatable bonds is 3. The minimum absolute atomic E-state index is 0.0419. The second-order valence-electron chi connectivity index (χ2n) is 7.71. The van der Waals surface area contributed by atoms with Crippen molar-refractivity contribution in [3.8, 4) is 0 Å². The Hall–Kier alpha value is -0.920. The number of hydrogen-bond donors (Lipinski definition) is 1. The molecule has 5 nitrogen and oxygen atoms in total. The number of sulfonamides is 1. The van der Waals surface area contributed by atoms with Gasteiger partial charge in [0.1, 0.15) is 9.84 Å². The van der Waals surface area contributed by atoms with E-state index in [0.717, 1.165) is 16.7 Å². The molecule has 0 aromatic heterocycles. The standard InChI is InChI=1S/C17H27NO4S2/c1-12-10-14(17(3,4)5)11-16(13(12)2)24(21,22)18-15-6-8-23(19,20)9-7-15/h10-11,15,18H,6-9H2,1-5H3. The molecule has 1 heterocycles. The van der Waals surface area contributed by atoms with Gasteiger partial charge in [-0.15, -0.1) is 0 Å². The van der Waals surface area contributed by atoms with Crippen molar-refractivity contribution in [2.45, 2.75) is 63.8 Å². The third-order valence-electron chi connectivity index (χ3n) is 4.65. The summed E-state index contributed by atoms with van der Waals surface area (Å²) in [7, 11) is -6.69. The van der Waals surface area contributed by atoms with E-state index in [-0.39, 0.29) is 23.0 Å². The van der Waals surface area contributed by atoms with Crippen LogP contribution in [0.15, 0.2) is 17.0 Å². The molecule has 24 heavy (non-hydrogen) atoms. The van der Waals surface area contributed by atoms with Crippen molar-refractivity contribution in [1.82, 2.24) is 4.72 Å². The maximum absolute atomic E-state index is 12.9. The third kappa shape index (κ3) is 4.37. The summed E-state index contributed by atoms with van der Waals surface area (Å²) in [4.78, 5) is 0.292. The Kier molecular flexibility index (Phi) is 5.19. The van der Waals surface area contributed by atoms with Crippen LogP contribution in [0.4, 0.5) is 0 Å². The summed E-state index contributed by atoms with van der Waals surface area (Å²) >= 11 is 0. The first-order chi connectivity index (χ1) is 10.8. The van der Waals surface area contributed by atoms with Gasteiger partial charge in [-0.2, -0.15) is 0 Å². The molecule has 0 bridgehead atoms. The quantitative estimate of drug-likeness (QED) is 0.882. The normalized spacial score (nSPS) is 19.4. The largest absolute Gasteiger partial charge is 0.241 e. The van der Waals surface area contributed by atoms with Crippen molar-refractivity contribution >= 4 is 19.9 Å². The summed E-state index contributed by atoms with van der Waals surface area (Å²) < 4.78 is 51.4. The number of hydrogen-bond acceptors (Lipinski definition) is 4. The van der Waals surface area contributed by atoms with E-state index in [1.807, 2.05) is 40.7 Å². The molecule has 0 amide bonds. The van der Waals surface area contributed by atoms with Crippen LogP contribution in [0.2, 0.25) is 0 Å². The van der Waals surface area contributed by atoms with Gasteiger partial charge >= 0.3 is 0 Å². The minimum Gasteiger partial charge on any atom is -0.229 e. The molecule has 0 spiro atoms. The molecule has 0 aliphatic carbocycles. The van der Waals surface area contributed by atoms with Gasteiger partial charge in [0.25, 0.3) is 0 Å². The van der Waals surface area contributed by atoms with E-state index in [2.05, 4.69) is 4.72 Å². The first kappa shape index (κ1) is 19.4. The van der Waals surface area contributed by atoms with Crippen LogP contribution in [0.1, 0.15) is 50.3 Å². The fourth-order valence-electron chi connectivity index (χ4n) is 2.83. The van der Waals surface area contributed by atoms with Gasteiger partial charge in [-0.1, -0.05) is 26.8 Å². The zero-order chi connectivity index (χ0) is 18.3. The average Bonchev–Trinajstić information content (AvgIpc) is 2.42. The summed E-state index contributed by atoms with van der Waals surface area (Å²) in [5, 5.41) is 0. The van der Waals surface area contributed by atoms with E-state index in [4.69, 9.17) is 0 Å². The van der Waals surface area contributed by atoms with Crippen LogP contribution < -0.4 is 4.72 Å². The molecule has 0 radical (unpaired) electrons. The van der Waals surface area contributed by atoms with Crippen molar-refractivity contribution in [3.63, 3.8) is 0 Å². The van der Waals surface area contributed by atoms with E-state index in [9.17, 15) is 16.8 Å². The number of aryl methyl sites for hydroxylation is 1. The van der Waals surface area contributed by atoms with Crippen LogP contribution >= 0.6 is 0 Å². The highest BCUT2D eigenvalue weighted by Gasteiger charge is 2.29. The molecule has 1 N–H and O–H groups in total. The predicted molar refractivity (Wildman–Crippen MR) is 96.6 cm³/mol. The van der Waals surface area contributed by atoms with Gasteiger partial charge in [0.2, 0.25) is 10.0 Å². The van der Waals surface area contributed by atoms with Gasteiger partial charge in [-0.3, -0.25) is 0 Å². The van der Waals surface area contributed by atoms with Crippen LogP contribution in [-0.4, -0.2) is 34.4 Å². The third-order valence-corrected chi connectivity index (χ3v) is 8.01. The monoisotopic (exact) mass is 373 g/mol. The maximum Gasteiger partial charge on any atom is 0.241 e. The zero-order valence-corrected chi connectivity index (χ0v) is 16.6. The highest BCUT2D eigenvalue weighted by molar-refractivity contribution is 7.91. The van der Waals surface area contributed by atoms with Crippen molar-refractivity contribution in [2.24, 2.45) is 0 Å². The Morgan fingerprint density at radius 2 is 1.62 bits per heavy atom. The summed E-state index contributed by atoms with van der Waals surface area (Å²) in [6.45, 7) is 9.87. The molecule has 1 aromatic carbocycles. The SMILES string of the molecule is Cc1cc(C(C)(C)C)cc(S(=O)(=O)NC2CCS(=O)(=O)CC2)c1C. The second-order valence-corrected chi connectivity index (χ2v) is 11.7. The molecule has 1 aliphatic rings. The minimum atomic E-state index is -3.68. The van der Waals surface area contributed by atoms with E-state index >= 15 is 0 Å². The van der Waals surface area contributed by atoms with Crippen LogP contribution in [0.25, 0.3) is 0 Å². The maximum atomic E-state index is 12.9. The summed E-state index contributed by atoms with van der Waals surface area (Å²) in [6, 6.07) is 3.45. The number of sulfone groups is 1. The van der Waals surface area contributed by atoms with E-state index in [1.54, 1.807) is 6.07 Å². The topological polar surface area (TPSA) is 80.3 Å². The molecule has 1 fully saturated rings. The number of nitrogens with one attached hydrogen (secondary N) is 1. The fraction of sp³-hybridized carbons (Fsp3) is 0.647. The van der Waals surface area contributed by atoms with Crippen molar-refractivity contribution in [3.05, 3.63) is 28.8 Å². The van der Waals surface area contributed by atoms with Gasteiger partial charge in [0.15, 0.2) is 0 Å². The Morgan fingerprint density at radius 3 is 2.12 bits per heavy atom. The van der Waals surface area contributed by atoms with Crippen LogP contribution in [0.3, 0.4) is 0 Å². The summed E-state index contributed by atoms with van der Waals surface area (Å²) in [5.41, 5.74) is 2.49. The lowest BCUT2D eigenvalue weighted by Gasteiger charge is -2.25. The van der Waals surface area contributed by atoms with Gasteiger partial charge < -0.3 is 0 Å². The van der Waals surface area contributed by atoms with Crippen LogP contribution in [0, 0.1) is 13.8 Å². The van der Waals surface area contributed by atoms with E-state index < -0.39 is 19.9 Å². The molecule has 0 atom stereocenters. The molecule has 2 rings (SSSR count). The predicted octanol–water partition coefficient (Wildman–Crippen LogP) is 2.46. The van der Waals surface area contributed by atoms with Crippen LogP contribution in [-0.2, 0) is 25.3 Å².